The van der Waals surface area contributed by atoms with Crippen LogP contribution in [0.15, 0.2) is 0 Å². The normalized spacial score (nSPS) is 10.2. The third-order valence-electron chi connectivity index (χ3n) is 1.49. The minimum atomic E-state index is -1.51. The molecular weight excluding hydrogens is 254 g/mol. The van der Waals surface area contributed by atoms with Crippen LogP contribution in [0, 0.1) is 0 Å². The molecule has 14 heavy (non-hydrogen) atoms. The number of carbonyl (C=O) groups is 1. The summed E-state index contributed by atoms with van der Waals surface area (Å²) in [6, 6.07) is 0. The third kappa shape index (κ3) is 1.56. The second-order valence-corrected chi connectivity index (χ2v) is 3.45. The van der Waals surface area contributed by atoms with Gasteiger partial charge in [0.25, 0.3) is 0 Å². The maximum atomic E-state index is 10.6. The number of halogens is 3. The number of hydrogen-bond acceptors (Lipinski definition) is 3. The Morgan fingerprint density at radius 1 is 0.929 bits per heavy atom. The van der Waals surface area contributed by atoms with Crippen molar-refractivity contribution in [1.82, 2.24) is 0 Å². The molecule has 4 nitrogen and oxygen atoms in total. The van der Waals surface area contributed by atoms with E-state index in [1.807, 2.05) is 0 Å². The Bertz CT molecular complexity index is 387. The van der Waals surface area contributed by atoms with Crippen molar-refractivity contribution < 1.29 is 20.1 Å². The Balaban J connectivity index is 3.68. The number of carboxylic acid groups (broad SMARTS) is 1. The first-order valence-corrected chi connectivity index (χ1v) is 4.33. The molecule has 0 fully saturated rings. The molecule has 1 aromatic carbocycles. The summed E-state index contributed by atoms with van der Waals surface area (Å²) in [7, 11) is 0. The number of rotatable bonds is 1. The van der Waals surface area contributed by atoms with Crippen molar-refractivity contribution in [2.45, 2.75) is 0 Å². The van der Waals surface area contributed by atoms with Crippen LogP contribution in [-0.4, -0.2) is 21.3 Å². The first kappa shape index (κ1) is 11.2. The number of benzene rings is 1. The van der Waals surface area contributed by atoms with Crippen LogP contribution >= 0.6 is 34.8 Å². The van der Waals surface area contributed by atoms with Gasteiger partial charge in [-0.3, -0.25) is 0 Å². The Morgan fingerprint density at radius 3 is 1.86 bits per heavy atom. The van der Waals surface area contributed by atoms with Gasteiger partial charge in [-0.2, -0.15) is 0 Å². The maximum absolute atomic E-state index is 10.6. The van der Waals surface area contributed by atoms with E-state index in [4.69, 9.17) is 45.0 Å². The summed E-state index contributed by atoms with van der Waals surface area (Å²) in [6.45, 7) is 0. The number of phenols is 2. The lowest BCUT2D eigenvalue weighted by atomic mass is 10.2. The lowest BCUT2D eigenvalue weighted by molar-refractivity contribution is 0.0693. The molecule has 0 amide bonds. The summed E-state index contributed by atoms with van der Waals surface area (Å²) in [5, 5.41) is 25.9. The summed E-state index contributed by atoms with van der Waals surface area (Å²) in [5.74, 6) is -3.23. The molecule has 0 spiro atoms. The van der Waals surface area contributed by atoms with E-state index < -0.39 is 28.1 Å². The van der Waals surface area contributed by atoms with Crippen molar-refractivity contribution in [3.8, 4) is 11.5 Å². The van der Waals surface area contributed by atoms with Gasteiger partial charge in [0.05, 0.1) is 10.0 Å². The van der Waals surface area contributed by atoms with E-state index in [2.05, 4.69) is 0 Å². The van der Waals surface area contributed by atoms with Gasteiger partial charge in [-0.05, 0) is 0 Å². The molecule has 0 heterocycles. The molecule has 1 aromatic rings. The monoisotopic (exact) mass is 256 g/mol. The van der Waals surface area contributed by atoms with Crippen molar-refractivity contribution >= 4 is 40.8 Å². The van der Waals surface area contributed by atoms with E-state index >= 15 is 0 Å². The zero-order chi connectivity index (χ0) is 11.0. The van der Waals surface area contributed by atoms with Crippen molar-refractivity contribution in [2.24, 2.45) is 0 Å². The second-order valence-electron chi connectivity index (χ2n) is 2.32. The van der Waals surface area contributed by atoms with Gasteiger partial charge < -0.3 is 15.3 Å². The molecule has 0 bridgehead atoms. The molecule has 0 radical (unpaired) electrons. The number of phenolic OH excluding ortho intramolecular Hbond substituents is 1. The van der Waals surface area contributed by atoms with E-state index in [1.165, 1.54) is 0 Å². The van der Waals surface area contributed by atoms with Crippen LogP contribution < -0.4 is 0 Å². The van der Waals surface area contributed by atoms with Crippen LogP contribution in [-0.2, 0) is 0 Å². The Morgan fingerprint density at radius 2 is 1.43 bits per heavy atom. The quantitative estimate of drug-likeness (QED) is 0.534. The molecule has 1 rings (SSSR count). The zero-order valence-corrected chi connectivity index (χ0v) is 8.65. The minimum Gasteiger partial charge on any atom is -0.504 e. The predicted molar refractivity (Wildman–Crippen MR) is 51.8 cm³/mol. The molecule has 7 heteroatoms. The van der Waals surface area contributed by atoms with Gasteiger partial charge in [0.2, 0.25) is 0 Å². The highest BCUT2D eigenvalue weighted by atomic mass is 35.5. The van der Waals surface area contributed by atoms with Crippen LogP contribution in [0.4, 0.5) is 0 Å². The fourth-order valence-corrected chi connectivity index (χ4v) is 1.51. The number of hydrogen-bond donors (Lipinski definition) is 3. The summed E-state index contributed by atoms with van der Waals surface area (Å²) in [4.78, 5) is 10.6. The van der Waals surface area contributed by atoms with Gasteiger partial charge in [0.1, 0.15) is 10.6 Å². The maximum Gasteiger partial charge on any atom is 0.341 e. The minimum absolute atomic E-state index is 0.318. The Labute approximate surface area is 93.3 Å². The van der Waals surface area contributed by atoms with Crippen LogP contribution in [0.2, 0.25) is 15.1 Å². The Hall–Kier alpha value is -0.840. The molecule has 0 unspecified atom stereocenters. The largest absolute Gasteiger partial charge is 0.504 e. The highest BCUT2D eigenvalue weighted by Crippen LogP contribution is 2.46. The van der Waals surface area contributed by atoms with Gasteiger partial charge in [-0.1, -0.05) is 34.8 Å². The van der Waals surface area contributed by atoms with Crippen molar-refractivity contribution in [1.29, 1.82) is 0 Å². The molecule has 0 saturated carbocycles. The molecular formula is C7H3Cl3O4. The molecule has 3 N–H and O–H groups in total. The second kappa shape index (κ2) is 3.73. The van der Waals surface area contributed by atoms with Crippen molar-refractivity contribution in [3.63, 3.8) is 0 Å². The number of aromatic hydroxyl groups is 2. The fraction of sp³-hybridized carbons (Fsp3) is 0. The first-order valence-electron chi connectivity index (χ1n) is 3.19. The Kier molecular flexibility index (Phi) is 2.99. The third-order valence-corrected chi connectivity index (χ3v) is 2.81. The van der Waals surface area contributed by atoms with E-state index in [1.54, 1.807) is 0 Å². The number of carboxylic acids is 1. The van der Waals surface area contributed by atoms with Gasteiger partial charge in [-0.15, -0.1) is 0 Å². The molecule has 0 saturated heterocycles. The first-order chi connectivity index (χ1) is 6.37. The smallest absolute Gasteiger partial charge is 0.341 e. The molecule has 76 valence electrons. The van der Waals surface area contributed by atoms with Crippen molar-refractivity contribution in [2.75, 3.05) is 0 Å². The topological polar surface area (TPSA) is 77.8 Å². The fourth-order valence-electron chi connectivity index (χ4n) is 0.832. The lowest BCUT2D eigenvalue weighted by Gasteiger charge is -2.08. The summed E-state index contributed by atoms with van der Waals surface area (Å²) < 4.78 is 0. The van der Waals surface area contributed by atoms with E-state index in [0.717, 1.165) is 0 Å². The molecule has 0 aliphatic heterocycles. The van der Waals surface area contributed by atoms with Crippen LogP contribution in [0.5, 0.6) is 11.5 Å². The van der Waals surface area contributed by atoms with E-state index in [9.17, 15) is 9.90 Å². The van der Waals surface area contributed by atoms with Crippen LogP contribution in [0.3, 0.4) is 0 Å². The van der Waals surface area contributed by atoms with E-state index in [0.29, 0.717) is 0 Å². The highest BCUT2D eigenvalue weighted by Gasteiger charge is 2.24. The van der Waals surface area contributed by atoms with Gasteiger partial charge >= 0.3 is 5.97 Å². The highest BCUT2D eigenvalue weighted by molar-refractivity contribution is 6.50. The zero-order valence-electron chi connectivity index (χ0n) is 6.38. The van der Waals surface area contributed by atoms with Gasteiger partial charge in [0, 0.05) is 0 Å². The van der Waals surface area contributed by atoms with E-state index in [-0.39, 0.29) is 10.0 Å². The molecule has 0 aliphatic carbocycles. The summed E-state index contributed by atoms with van der Waals surface area (Å²) in [6.07, 6.45) is 0. The standard InChI is InChI=1S/C7H3Cl3O4/c8-2-1(7(13)14)5(11)6(12)4(10)3(2)9/h11-12H,(H,13,14). The SMILES string of the molecule is O=C(O)c1c(O)c(O)c(Cl)c(Cl)c1Cl. The predicted octanol–water partition coefficient (Wildman–Crippen LogP) is 2.76. The summed E-state index contributed by atoms with van der Waals surface area (Å²) >= 11 is 16.5. The molecule has 0 aromatic heterocycles. The van der Waals surface area contributed by atoms with Gasteiger partial charge in [-0.25, -0.2) is 4.79 Å². The number of aromatic carboxylic acids is 1. The van der Waals surface area contributed by atoms with Gasteiger partial charge in [0.15, 0.2) is 11.5 Å². The lowest BCUT2D eigenvalue weighted by Crippen LogP contribution is -1.99. The summed E-state index contributed by atoms with van der Waals surface area (Å²) in [5.41, 5.74) is -0.682. The van der Waals surface area contributed by atoms with Crippen molar-refractivity contribution in [3.05, 3.63) is 20.6 Å². The molecule has 0 aliphatic rings. The van der Waals surface area contributed by atoms with Crippen LogP contribution in [0.25, 0.3) is 0 Å². The average molecular weight is 257 g/mol. The average Bonchev–Trinajstić information content (AvgIpc) is 2.11. The molecule has 0 atom stereocenters. The van der Waals surface area contributed by atoms with Crippen LogP contribution in [0.1, 0.15) is 10.4 Å².